The predicted octanol–water partition coefficient (Wildman–Crippen LogP) is 0.420. The van der Waals surface area contributed by atoms with E-state index in [9.17, 15) is 9.59 Å². The standard InChI is InChI=1S/C14H24N2O4/c1-2-20-12-7-11(8-12)9-13(17)16-5-3-15(4-6-16)10-14(18)19/h11-12H,2-10H2,1H3,(H,18,19). The zero-order chi connectivity index (χ0) is 14.5. The fourth-order valence-corrected chi connectivity index (χ4v) is 2.94. The van der Waals surface area contributed by atoms with E-state index in [1.807, 2.05) is 16.7 Å². The third kappa shape index (κ3) is 4.18. The second kappa shape index (κ2) is 7.04. The van der Waals surface area contributed by atoms with Gasteiger partial charge < -0.3 is 14.7 Å². The molecule has 1 N–H and O–H groups in total. The molecule has 6 heteroatoms. The molecule has 0 unspecified atom stereocenters. The summed E-state index contributed by atoms with van der Waals surface area (Å²) in [6, 6.07) is 0. The predicted molar refractivity (Wildman–Crippen MR) is 73.4 cm³/mol. The molecule has 1 saturated carbocycles. The number of amides is 1. The van der Waals surface area contributed by atoms with E-state index in [2.05, 4.69) is 0 Å². The average molecular weight is 284 g/mol. The Kier molecular flexibility index (Phi) is 5.37. The summed E-state index contributed by atoms with van der Waals surface area (Å²) in [5, 5.41) is 8.73. The van der Waals surface area contributed by atoms with Gasteiger partial charge in [-0.3, -0.25) is 14.5 Å². The number of carbonyl (C=O) groups is 2. The highest BCUT2D eigenvalue weighted by Gasteiger charge is 2.33. The fourth-order valence-electron chi connectivity index (χ4n) is 2.94. The molecule has 2 fully saturated rings. The molecule has 114 valence electrons. The minimum Gasteiger partial charge on any atom is -0.480 e. The maximum Gasteiger partial charge on any atom is 0.317 e. The van der Waals surface area contributed by atoms with Crippen LogP contribution in [0.15, 0.2) is 0 Å². The lowest BCUT2D eigenvalue weighted by molar-refractivity contribution is -0.140. The maximum atomic E-state index is 12.1. The highest BCUT2D eigenvalue weighted by atomic mass is 16.5. The molecular weight excluding hydrogens is 260 g/mol. The molecule has 0 aromatic carbocycles. The van der Waals surface area contributed by atoms with Crippen LogP contribution in [0.1, 0.15) is 26.2 Å². The molecule has 1 heterocycles. The summed E-state index contributed by atoms with van der Waals surface area (Å²) < 4.78 is 5.50. The van der Waals surface area contributed by atoms with Gasteiger partial charge in [0.15, 0.2) is 0 Å². The topological polar surface area (TPSA) is 70.1 Å². The van der Waals surface area contributed by atoms with Crippen LogP contribution in [0.25, 0.3) is 0 Å². The van der Waals surface area contributed by atoms with Crippen molar-refractivity contribution in [3.05, 3.63) is 0 Å². The number of rotatable bonds is 6. The van der Waals surface area contributed by atoms with Gasteiger partial charge in [0.25, 0.3) is 0 Å². The number of carbonyl (C=O) groups excluding carboxylic acids is 1. The van der Waals surface area contributed by atoms with Crippen LogP contribution < -0.4 is 0 Å². The Hall–Kier alpha value is -1.14. The van der Waals surface area contributed by atoms with E-state index in [1.165, 1.54) is 0 Å². The van der Waals surface area contributed by atoms with Gasteiger partial charge in [0.2, 0.25) is 5.91 Å². The quantitative estimate of drug-likeness (QED) is 0.765. The van der Waals surface area contributed by atoms with Crippen LogP contribution in [-0.2, 0) is 14.3 Å². The maximum absolute atomic E-state index is 12.1. The normalized spacial score (nSPS) is 27.1. The first-order valence-electron chi connectivity index (χ1n) is 7.42. The van der Waals surface area contributed by atoms with Gasteiger partial charge in [-0.25, -0.2) is 0 Å². The van der Waals surface area contributed by atoms with Gasteiger partial charge in [0.1, 0.15) is 0 Å². The van der Waals surface area contributed by atoms with Gasteiger partial charge in [-0.05, 0) is 25.7 Å². The third-order valence-corrected chi connectivity index (χ3v) is 4.14. The lowest BCUT2D eigenvalue weighted by atomic mass is 9.79. The van der Waals surface area contributed by atoms with Crippen LogP contribution in [0.5, 0.6) is 0 Å². The Morgan fingerprint density at radius 2 is 1.85 bits per heavy atom. The van der Waals surface area contributed by atoms with Crippen molar-refractivity contribution in [2.75, 3.05) is 39.3 Å². The SMILES string of the molecule is CCOC1CC(CC(=O)N2CCN(CC(=O)O)CC2)C1. The summed E-state index contributed by atoms with van der Waals surface area (Å²) >= 11 is 0. The zero-order valence-corrected chi connectivity index (χ0v) is 12.1. The molecule has 1 amide bonds. The Morgan fingerprint density at radius 1 is 1.20 bits per heavy atom. The number of hydrogen-bond acceptors (Lipinski definition) is 4. The average Bonchev–Trinajstić information content (AvgIpc) is 2.36. The minimum atomic E-state index is -0.804. The number of piperazine rings is 1. The molecule has 6 nitrogen and oxygen atoms in total. The van der Waals surface area contributed by atoms with Crippen molar-refractivity contribution in [3.63, 3.8) is 0 Å². The van der Waals surface area contributed by atoms with Gasteiger partial charge in [0, 0.05) is 39.2 Å². The molecule has 1 aliphatic heterocycles. The fraction of sp³-hybridized carbons (Fsp3) is 0.857. The molecule has 0 bridgehead atoms. The highest BCUT2D eigenvalue weighted by Crippen LogP contribution is 2.33. The first kappa shape index (κ1) is 15.3. The van der Waals surface area contributed by atoms with E-state index in [4.69, 9.17) is 9.84 Å². The summed E-state index contributed by atoms with van der Waals surface area (Å²) in [6.45, 7) is 5.42. The molecule has 0 aromatic rings. The first-order chi connectivity index (χ1) is 9.58. The van der Waals surface area contributed by atoms with Gasteiger partial charge in [-0.1, -0.05) is 0 Å². The second-order valence-corrected chi connectivity index (χ2v) is 5.67. The van der Waals surface area contributed by atoms with E-state index < -0.39 is 5.97 Å². The van der Waals surface area contributed by atoms with Crippen LogP contribution >= 0.6 is 0 Å². The van der Waals surface area contributed by atoms with Crippen LogP contribution in [0.4, 0.5) is 0 Å². The van der Waals surface area contributed by atoms with E-state index in [0.717, 1.165) is 19.4 Å². The molecule has 2 aliphatic rings. The van der Waals surface area contributed by atoms with Gasteiger partial charge in [-0.15, -0.1) is 0 Å². The van der Waals surface area contributed by atoms with E-state index in [0.29, 0.717) is 44.6 Å². The Labute approximate surface area is 119 Å². The van der Waals surface area contributed by atoms with Gasteiger partial charge in [-0.2, -0.15) is 0 Å². The van der Waals surface area contributed by atoms with Crippen molar-refractivity contribution >= 4 is 11.9 Å². The Balaban J connectivity index is 1.64. The van der Waals surface area contributed by atoms with Crippen LogP contribution in [0.3, 0.4) is 0 Å². The Morgan fingerprint density at radius 3 is 2.40 bits per heavy atom. The molecule has 0 atom stereocenters. The molecule has 1 aliphatic carbocycles. The van der Waals surface area contributed by atoms with Crippen LogP contribution in [-0.4, -0.2) is 72.2 Å². The molecule has 2 rings (SSSR count). The molecule has 0 radical (unpaired) electrons. The molecule has 0 aromatic heterocycles. The number of carboxylic acid groups (broad SMARTS) is 1. The smallest absolute Gasteiger partial charge is 0.317 e. The molecular formula is C14H24N2O4. The van der Waals surface area contributed by atoms with Crippen molar-refractivity contribution in [3.8, 4) is 0 Å². The first-order valence-corrected chi connectivity index (χ1v) is 7.42. The summed E-state index contributed by atoms with van der Waals surface area (Å²) in [5.74, 6) is -0.128. The van der Waals surface area contributed by atoms with Crippen LogP contribution in [0, 0.1) is 5.92 Å². The summed E-state index contributed by atoms with van der Waals surface area (Å²) in [5.41, 5.74) is 0. The van der Waals surface area contributed by atoms with Crippen molar-refractivity contribution in [1.82, 2.24) is 9.80 Å². The molecule has 0 spiro atoms. The zero-order valence-electron chi connectivity index (χ0n) is 12.1. The number of aliphatic carboxylic acids is 1. The number of hydrogen-bond donors (Lipinski definition) is 1. The third-order valence-electron chi connectivity index (χ3n) is 4.14. The summed E-state index contributed by atoms with van der Waals surface area (Å²) in [7, 11) is 0. The summed E-state index contributed by atoms with van der Waals surface area (Å²) in [6.07, 6.45) is 2.96. The van der Waals surface area contributed by atoms with Gasteiger partial charge in [0.05, 0.1) is 12.6 Å². The van der Waals surface area contributed by atoms with Crippen molar-refractivity contribution in [1.29, 1.82) is 0 Å². The number of ether oxygens (including phenoxy) is 1. The van der Waals surface area contributed by atoms with E-state index >= 15 is 0 Å². The van der Waals surface area contributed by atoms with E-state index in [1.54, 1.807) is 0 Å². The van der Waals surface area contributed by atoms with Crippen molar-refractivity contribution < 1.29 is 19.4 Å². The lowest BCUT2D eigenvalue weighted by Crippen LogP contribution is -2.50. The number of carboxylic acids is 1. The largest absolute Gasteiger partial charge is 0.480 e. The summed E-state index contributed by atoms with van der Waals surface area (Å²) in [4.78, 5) is 26.5. The monoisotopic (exact) mass is 284 g/mol. The van der Waals surface area contributed by atoms with Crippen molar-refractivity contribution in [2.45, 2.75) is 32.3 Å². The molecule has 20 heavy (non-hydrogen) atoms. The highest BCUT2D eigenvalue weighted by molar-refractivity contribution is 5.76. The number of nitrogens with zero attached hydrogens (tertiary/aromatic N) is 2. The molecule has 1 saturated heterocycles. The minimum absolute atomic E-state index is 0.0701. The lowest BCUT2D eigenvalue weighted by Gasteiger charge is -2.38. The van der Waals surface area contributed by atoms with Gasteiger partial charge >= 0.3 is 5.97 Å². The van der Waals surface area contributed by atoms with E-state index in [-0.39, 0.29) is 12.5 Å². The van der Waals surface area contributed by atoms with Crippen LogP contribution in [0.2, 0.25) is 0 Å². The second-order valence-electron chi connectivity index (χ2n) is 5.67. The van der Waals surface area contributed by atoms with Crippen molar-refractivity contribution in [2.24, 2.45) is 5.92 Å². The Bertz CT molecular complexity index is 347.